The molecule has 5 nitrogen and oxygen atoms in total. The van der Waals surface area contributed by atoms with Crippen molar-refractivity contribution in [2.75, 3.05) is 32.9 Å². The van der Waals surface area contributed by atoms with E-state index >= 15 is 0 Å². The van der Waals surface area contributed by atoms with Gasteiger partial charge >= 0.3 is 0 Å². The SMILES string of the molecule is O=C(NCCCOC1CCCCC1)C1COCCN1. The van der Waals surface area contributed by atoms with Gasteiger partial charge in [0.15, 0.2) is 0 Å². The van der Waals surface area contributed by atoms with Gasteiger partial charge in [0, 0.05) is 19.7 Å². The summed E-state index contributed by atoms with van der Waals surface area (Å²) in [4.78, 5) is 11.8. The maximum Gasteiger partial charge on any atom is 0.239 e. The zero-order valence-electron chi connectivity index (χ0n) is 11.7. The van der Waals surface area contributed by atoms with Gasteiger partial charge in [-0.25, -0.2) is 0 Å². The maximum absolute atomic E-state index is 11.8. The molecule has 2 aliphatic rings. The van der Waals surface area contributed by atoms with Crippen molar-refractivity contribution in [1.29, 1.82) is 0 Å². The van der Waals surface area contributed by atoms with E-state index in [2.05, 4.69) is 10.6 Å². The Balaban J connectivity index is 1.47. The van der Waals surface area contributed by atoms with Gasteiger partial charge in [0.25, 0.3) is 0 Å². The van der Waals surface area contributed by atoms with Crippen LogP contribution in [0.5, 0.6) is 0 Å². The summed E-state index contributed by atoms with van der Waals surface area (Å²) < 4.78 is 11.1. The minimum Gasteiger partial charge on any atom is -0.378 e. The molecule has 0 aromatic heterocycles. The molecule has 19 heavy (non-hydrogen) atoms. The average molecular weight is 270 g/mol. The monoisotopic (exact) mass is 270 g/mol. The number of nitrogens with one attached hydrogen (secondary N) is 2. The van der Waals surface area contributed by atoms with Crippen molar-refractivity contribution in [3.63, 3.8) is 0 Å². The number of rotatable bonds is 6. The van der Waals surface area contributed by atoms with E-state index in [9.17, 15) is 4.79 Å². The number of hydrogen-bond donors (Lipinski definition) is 2. The van der Waals surface area contributed by atoms with Crippen LogP contribution in [-0.2, 0) is 14.3 Å². The van der Waals surface area contributed by atoms with Crippen LogP contribution < -0.4 is 10.6 Å². The van der Waals surface area contributed by atoms with Crippen LogP contribution in [0.4, 0.5) is 0 Å². The van der Waals surface area contributed by atoms with Crippen LogP contribution in [-0.4, -0.2) is 51.0 Å². The number of carbonyl (C=O) groups is 1. The highest BCUT2D eigenvalue weighted by Gasteiger charge is 2.20. The van der Waals surface area contributed by atoms with Gasteiger partial charge in [-0.1, -0.05) is 19.3 Å². The molecule has 2 rings (SSSR count). The van der Waals surface area contributed by atoms with Gasteiger partial charge in [-0.3, -0.25) is 4.79 Å². The van der Waals surface area contributed by atoms with Gasteiger partial charge in [-0.2, -0.15) is 0 Å². The first-order valence-electron chi connectivity index (χ1n) is 7.57. The molecule has 2 N–H and O–H groups in total. The Hall–Kier alpha value is -0.650. The van der Waals surface area contributed by atoms with E-state index in [0.717, 1.165) is 19.6 Å². The quantitative estimate of drug-likeness (QED) is 0.702. The van der Waals surface area contributed by atoms with Crippen molar-refractivity contribution in [2.24, 2.45) is 0 Å². The van der Waals surface area contributed by atoms with Gasteiger partial charge in [0.1, 0.15) is 6.04 Å². The van der Waals surface area contributed by atoms with Gasteiger partial charge in [-0.05, 0) is 19.3 Å². The van der Waals surface area contributed by atoms with Crippen LogP contribution in [0, 0.1) is 0 Å². The fourth-order valence-electron chi connectivity index (χ4n) is 2.62. The molecule has 1 saturated heterocycles. The Morgan fingerprint density at radius 2 is 2.16 bits per heavy atom. The molecular weight excluding hydrogens is 244 g/mol. The summed E-state index contributed by atoms with van der Waals surface area (Å²) in [6.45, 7) is 3.36. The van der Waals surface area contributed by atoms with E-state index in [0.29, 0.717) is 25.9 Å². The highest BCUT2D eigenvalue weighted by Crippen LogP contribution is 2.20. The predicted octanol–water partition coefficient (Wildman–Crippen LogP) is 0.830. The van der Waals surface area contributed by atoms with Gasteiger partial charge < -0.3 is 20.1 Å². The topological polar surface area (TPSA) is 59.6 Å². The number of carbonyl (C=O) groups excluding carboxylic acids is 1. The Labute approximate surface area is 115 Å². The van der Waals surface area contributed by atoms with Crippen molar-refractivity contribution < 1.29 is 14.3 Å². The van der Waals surface area contributed by atoms with Gasteiger partial charge in [0.2, 0.25) is 5.91 Å². The molecule has 1 aliphatic heterocycles. The van der Waals surface area contributed by atoms with Crippen LogP contribution in [0.25, 0.3) is 0 Å². The molecule has 0 radical (unpaired) electrons. The summed E-state index contributed by atoms with van der Waals surface area (Å²) in [5.74, 6) is 0.0392. The fourth-order valence-corrected chi connectivity index (χ4v) is 2.62. The highest BCUT2D eigenvalue weighted by atomic mass is 16.5. The van der Waals surface area contributed by atoms with Crippen LogP contribution in [0.15, 0.2) is 0 Å². The molecule has 2 fully saturated rings. The molecule has 0 spiro atoms. The second-order valence-corrected chi connectivity index (χ2v) is 5.36. The van der Waals surface area contributed by atoms with Crippen LogP contribution >= 0.6 is 0 Å². The lowest BCUT2D eigenvalue weighted by Crippen LogP contribution is -2.51. The number of amides is 1. The molecule has 1 atom stereocenters. The molecular formula is C14H26N2O3. The van der Waals surface area contributed by atoms with Gasteiger partial charge in [0.05, 0.1) is 19.3 Å². The Morgan fingerprint density at radius 3 is 2.89 bits per heavy atom. The van der Waals surface area contributed by atoms with Crippen molar-refractivity contribution in [2.45, 2.75) is 50.7 Å². The van der Waals surface area contributed by atoms with Gasteiger partial charge in [-0.15, -0.1) is 0 Å². The van der Waals surface area contributed by atoms with Crippen LogP contribution in [0.3, 0.4) is 0 Å². The minimum atomic E-state index is -0.187. The van der Waals surface area contributed by atoms with E-state index in [4.69, 9.17) is 9.47 Å². The molecule has 0 aromatic carbocycles. The van der Waals surface area contributed by atoms with E-state index in [1.165, 1.54) is 32.1 Å². The summed E-state index contributed by atoms with van der Waals surface area (Å²) in [7, 11) is 0. The van der Waals surface area contributed by atoms with Crippen LogP contribution in [0.2, 0.25) is 0 Å². The Kier molecular flexibility index (Phi) is 6.61. The lowest BCUT2D eigenvalue weighted by atomic mass is 9.98. The smallest absolute Gasteiger partial charge is 0.239 e. The molecule has 1 heterocycles. The van der Waals surface area contributed by atoms with Crippen molar-refractivity contribution in [1.82, 2.24) is 10.6 Å². The maximum atomic E-state index is 11.8. The zero-order chi connectivity index (χ0) is 13.3. The average Bonchev–Trinajstić information content (AvgIpc) is 2.49. The first-order chi connectivity index (χ1) is 9.36. The van der Waals surface area contributed by atoms with E-state index in [1.54, 1.807) is 0 Å². The summed E-state index contributed by atoms with van der Waals surface area (Å²) in [6.07, 6.45) is 7.70. The first kappa shape index (κ1) is 14.8. The number of ether oxygens (including phenoxy) is 2. The van der Waals surface area contributed by atoms with Crippen molar-refractivity contribution in [3.8, 4) is 0 Å². The lowest BCUT2D eigenvalue weighted by molar-refractivity contribution is -0.125. The van der Waals surface area contributed by atoms with E-state index in [-0.39, 0.29) is 11.9 Å². The third-order valence-corrected chi connectivity index (χ3v) is 3.76. The minimum absolute atomic E-state index is 0.0392. The zero-order valence-corrected chi connectivity index (χ0v) is 11.7. The molecule has 5 heteroatoms. The molecule has 1 aliphatic carbocycles. The predicted molar refractivity (Wildman–Crippen MR) is 73.1 cm³/mol. The molecule has 1 unspecified atom stereocenters. The molecule has 0 bridgehead atoms. The summed E-state index contributed by atoms with van der Waals surface area (Å²) in [5.41, 5.74) is 0. The van der Waals surface area contributed by atoms with Crippen molar-refractivity contribution in [3.05, 3.63) is 0 Å². The fraction of sp³-hybridized carbons (Fsp3) is 0.929. The highest BCUT2D eigenvalue weighted by molar-refractivity contribution is 5.81. The van der Waals surface area contributed by atoms with Crippen molar-refractivity contribution >= 4 is 5.91 Å². The summed E-state index contributed by atoms with van der Waals surface area (Å²) in [6, 6.07) is -0.187. The summed E-state index contributed by atoms with van der Waals surface area (Å²) in [5, 5.41) is 6.07. The number of hydrogen-bond acceptors (Lipinski definition) is 4. The third-order valence-electron chi connectivity index (χ3n) is 3.76. The third kappa shape index (κ3) is 5.47. The standard InChI is InChI=1S/C14H26N2O3/c17-14(13-11-18-10-8-15-13)16-7-4-9-19-12-5-2-1-3-6-12/h12-13,15H,1-11H2,(H,16,17). The largest absolute Gasteiger partial charge is 0.378 e. The number of morpholine rings is 1. The second kappa shape index (κ2) is 8.51. The molecule has 1 saturated carbocycles. The second-order valence-electron chi connectivity index (χ2n) is 5.36. The van der Waals surface area contributed by atoms with Crippen LogP contribution in [0.1, 0.15) is 38.5 Å². The Morgan fingerprint density at radius 1 is 1.32 bits per heavy atom. The first-order valence-corrected chi connectivity index (χ1v) is 7.57. The Bertz CT molecular complexity index is 261. The van der Waals surface area contributed by atoms with E-state index < -0.39 is 0 Å². The lowest BCUT2D eigenvalue weighted by Gasteiger charge is -2.23. The molecule has 0 aromatic rings. The molecule has 110 valence electrons. The van der Waals surface area contributed by atoms with E-state index in [1.807, 2.05) is 0 Å². The summed E-state index contributed by atoms with van der Waals surface area (Å²) >= 11 is 0. The molecule has 1 amide bonds. The normalized spacial score (nSPS) is 25.2.